The number of nitrogens with zero attached hydrogens (tertiary/aromatic N) is 3. The molecular weight excluding hydrogens is 266 g/mol. The summed E-state index contributed by atoms with van der Waals surface area (Å²) < 4.78 is 5.52. The fourth-order valence-corrected chi connectivity index (χ4v) is 2.49. The Morgan fingerprint density at radius 3 is 2.62 bits per heavy atom. The zero-order chi connectivity index (χ0) is 15.2. The van der Waals surface area contributed by atoms with Crippen molar-refractivity contribution in [1.82, 2.24) is 9.80 Å². The first-order chi connectivity index (χ1) is 10.2. The standard InChI is InChI=1S/C16H21N3O2/c1-3-21-15-7-5-4-6-14(15)16(20)19-10-8-18(9-11-19)13(2)12-17/h4-7,13H,3,8-11H2,1-2H3. The molecule has 0 aromatic heterocycles. The Morgan fingerprint density at radius 2 is 2.00 bits per heavy atom. The number of nitriles is 1. The van der Waals surface area contributed by atoms with Gasteiger partial charge in [0.1, 0.15) is 5.75 Å². The van der Waals surface area contributed by atoms with Crippen LogP contribution in [0.4, 0.5) is 0 Å². The second-order valence-electron chi connectivity index (χ2n) is 5.06. The number of carbonyl (C=O) groups is 1. The van der Waals surface area contributed by atoms with Crippen LogP contribution in [0.1, 0.15) is 24.2 Å². The summed E-state index contributed by atoms with van der Waals surface area (Å²) in [4.78, 5) is 16.5. The third kappa shape index (κ3) is 3.53. The number of amides is 1. The third-order valence-electron chi connectivity index (χ3n) is 3.75. The zero-order valence-corrected chi connectivity index (χ0v) is 12.6. The quantitative estimate of drug-likeness (QED) is 0.846. The van der Waals surface area contributed by atoms with Crippen molar-refractivity contribution in [2.24, 2.45) is 0 Å². The lowest BCUT2D eigenvalue weighted by Gasteiger charge is -2.36. The van der Waals surface area contributed by atoms with Gasteiger partial charge in [0.25, 0.3) is 5.91 Å². The van der Waals surface area contributed by atoms with Crippen LogP contribution < -0.4 is 4.74 Å². The fraction of sp³-hybridized carbons (Fsp3) is 0.500. The molecule has 5 nitrogen and oxygen atoms in total. The molecule has 1 atom stereocenters. The average Bonchev–Trinajstić information content (AvgIpc) is 2.54. The molecule has 0 radical (unpaired) electrons. The van der Waals surface area contributed by atoms with Crippen LogP contribution in [0.2, 0.25) is 0 Å². The zero-order valence-electron chi connectivity index (χ0n) is 12.6. The van der Waals surface area contributed by atoms with Gasteiger partial charge in [-0.15, -0.1) is 0 Å². The molecule has 1 unspecified atom stereocenters. The van der Waals surface area contributed by atoms with Crippen LogP contribution in [0.3, 0.4) is 0 Å². The van der Waals surface area contributed by atoms with E-state index in [1.165, 1.54) is 0 Å². The van der Waals surface area contributed by atoms with Gasteiger partial charge in [0.2, 0.25) is 0 Å². The minimum atomic E-state index is -0.0991. The fourth-order valence-electron chi connectivity index (χ4n) is 2.49. The molecule has 0 spiro atoms. The van der Waals surface area contributed by atoms with E-state index in [0.717, 1.165) is 13.1 Å². The van der Waals surface area contributed by atoms with Gasteiger partial charge in [-0.1, -0.05) is 12.1 Å². The van der Waals surface area contributed by atoms with E-state index in [0.29, 0.717) is 31.0 Å². The molecule has 1 fully saturated rings. The second-order valence-corrected chi connectivity index (χ2v) is 5.06. The van der Waals surface area contributed by atoms with Crippen molar-refractivity contribution in [1.29, 1.82) is 5.26 Å². The van der Waals surface area contributed by atoms with Crippen molar-refractivity contribution < 1.29 is 9.53 Å². The maximum absolute atomic E-state index is 12.6. The Bertz CT molecular complexity index is 531. The first kappa shape index (κ1) is 15.3. The number of hydrogen-bond donors (Lipinski definition) is 0. The van der Waals surface area contributed by atoms with Gasteiger partial charge < -0.3 is 9.64 Å². The van der Waals surface area contributed by atoms with Crippen molar-refractivity contribution in [3.8, 4) is 11.8 Å². The molecule has 1 amide bonds. The van der Waals surface area contributed by atoms with Crippen LogP contribution >= 0.6 is 0 Å². The van der Waals surface area contributed by atoms with Crippen LogP contribution in [0.5, 0.6) is 5.75 Å². The smallest absolute Gasteiger partial charge is 0.257 e. The van der Waals surface area contributed by atoms with Crippen LogP contribution in [0.25, 0.3) is 0 Å². The van der Waals surface area contributed by atoms with E-state index in [1.54, 1.807) is 6.07 Å². The lowest BCUT2D eigenvalue weighted by atomic mass is 10.1. The van der Waals surface area contributed by atoms with Crippen LogP contribution in [-0.4, -0.2) is 54.5 Å². The summed E-state index contributed by atoms with van der Waals surface area (Å²) in [6.07, 6.45) is 0. The lowest BCUT2D eigenvalue weighted by molar-refractivity contribution is 0.0612. The minimum absolute atomic E-state index is 0.00307. The molecular formula is C16H21N3O2. The molecule has 1 aliphatic heterocycles. The molecule has 0 N–H and O–H groups in total. The molecule has 0 saturated carbocycles. The van der Waals surface area contributed by atoms with E-state index in [2.05, 4.69) is 11.0 Å². The van der Waals surface area contributed by atoms with Gasteiger partial charge >= 0.3 is 0 Å². The Hall–Kier alpha value is -2.06. The number of piperazine rings is 1. The molecule has 112 valence electrons. The highest BCUT2D eigenvalue weighted by atomic mass is 16.5. The van der Waals surface area contributed by atoms with E-state index < -0.39 is 0 Å². The summed E-state index contributed by atoms with van der Waals surface area (Å²) >= 11 is 0. The first-order valence-electron chi connectivity index (χ1n) is 7.32. The van der Waals surface area contributed by atoms with E-state index in [9.17, 15) is 4.79 Å². The molecule has 0 aliphatic carbocycles. The predicted molar refractivity (Wildman–Crippen MR) is 80.2 cm³/mol. The van der Waals surface area contributed by atoms with Gasteiger partial charge in [-0.3, -0.25) is 9.69 Å². The second kappa shape index (κ2) is 7.09. The summed E-state index contributed by atoms with van der Waals surface area (Å²) in [6.45, 7) is 7.09. The van der Waals surface area contributed by atoms with Gasteiger partial charge in [0.05, 0.1) is 24.3 Å². The van der Waals surface area contributed by atoms with Gasteiger partial charge in [-0.05, 0) is 26.0 Å². The van der Waals surface area contributed by atoms with Gasteiger partial charge in [-0.2, -0.15) is 5.26 Å². The van der Waals surface area contributed by atoms with Crippen molar-refractivity contribution in [3.63, 3.8) is 0 Å². The van der Waals surface area contributed by atoms with Crippen LogP contribution in [-0.2, 0) is 0 Å². The number of hydrogen-bond acceptors (Lipinski definition) is 4. The van der Waals surface area contributed by atoms with Crippen LogP contribution in [0.15, 0.2) is 24.3 Å². The lowest BCUT2D eigenvalue weighted by Crippen LogP contribution is -2.51. The topological polar surface area (TPSA) is 56.6 Å². The van der Waals surface area contributed by atoms with E-state index in [-0.39, 0.29) is 11.9 Å². The van der Waals surface area contributed by atoms with E-state index in [4.69, 9.17) is 10.00 Å². The van der Waals surface area contributed by atoms with E-state index >= 15 is 0 Å². The van der Waals surface area contributed by atoms with Gasteiger partial charge in [-0.25, -0.2) is 0 Å². The van der Waals surface area contributed by atoms with Crippen molar-refractivity contribution in [3.05, 3.63) is 29.8 Å². The summed E-state index contributed by atoms with van der Waals surface area (Å²) in [5.41, 5.74) is 0.612. The number of ether oxygens (including phenoxy) is 1. The summed E-state index contributed by atoms with van der Waals surface area (Å²) in [5.74, 6) is 0.640. The molecule has 21 heavy (non-hydrogen) atoms. The molecule has 1 aliphatic rings. The minimum Gasteiger partial charge on any atom is -0.493 e. The molecule has 2 rings (SSSR count). The largest absolute Gasteiger partial charge is 0.493 e. The molecule has 1 saturated heterocycles. The highest BCUT2D eigenvalue weighted by molar-refractivity contribution is 5.97. The predicted octanol–water partition coefficient (Wildman–Crippen LogP) is 1.76. The summed E-state index contributed by atoms with van der Waals surface area (Å²) in [5, 5.41) is 8.95. The normalized spacial score (nSPS) is 17.1. The Balaban J connectivity index is 2.04. The maximum Gasteiger partial charge on any atom is 0.257 e. The third-order valence-corrected chi connectivity index (χ3v) is 3.75. The Labute approximate surface area is 125 Å². The highest BCUT2D eigenvalue weighted by Crippen LogP contribution is 2.20. The summed E-state index contributed by atoms with van der Waals surface area (Å²) in [7, 11) is 0. The number of carbonyl (C=O) groups excluding carboxylic acids is 1. The summed E-state index contributed by atoms with van der Waals surface area (Å²) in [6, 6.07) is 9.49. The first-order valence-corrected chi connectivity index (χ1v) is 7.32. The number of para-hydroxylation sites is 1. The van der Waals surface area contributed by atoms with Crippen molar-refractivity contribution in [2.45, 2.75) is 19.9 Å². The van der Waals surface area contributed by atoms with Crippen molar-refractivity contribution in [2.75, 3.05) is 32.8 Å². The molecule has 1 aromatic carbocycles. The Morgan fingerprint density at radius 1 is 1.33 bits per heavy atom. The van der Waals surface area contributed by atoms with E-state index in [1.807, 2.05) is 36.9 Å². The van der Waals surface area contributed by atoms with Crippen LogP contribution in [0, 0.1) is 11.3 Å². The van der Waals surface area contributed by atoms with Crippen molar-refractivity contribution >= 4 is 5.91 Å². The molecule has 1 heterocycles. The van der Waals surface area contributed by atoms with Gasteiger partial charge in [0.15, 0.2) is 0 Å². The maximum atomic E-state index is 12.6. The van der Waals surface area contributed by atoms with Gasteiger partial charge in [0, 0.05) is 26.2 Å². The molecule has 0 bridgehead atoms. The molecule has 1 aromatic rings. The number of rotatable bonds is 4. The molecule has 5 heteroatoms. The Kier molecular flexibility index (Phi) is 5.18. The monoisotopic (exact) mass is 287 g/mol. The average molecular weight is 287 g/mol. The highest BCUT2D eigenvalue weighted by Gasteiger charge is 2.26. The number of benzene rings is 1. The SMILES string of the molecule is CCOc1ccccc1C(=O)N1CCN(C(C)C#N)CC1.